The number of aryl methyl sites for hydroxylation is 2. The Kier molecular flexibility index (Phi) is 5.39. The number of nitrogens with zero attached hydrogens (tertiary/aromatic N) is 6. The van der Waals surface area contributed by atoms with Crippen molar-refractivity contribution in [2.75, 3.05) is 19.7 Å². The molecule has 3 aromatic rings. The van der Waals surface area contributed by atoms with Crippen molar-refractivity contribution in [1.82, 2.24) is 29.0 Å². The minimum absolute atomic E-state index is 0.195. The fourth-order valence-electron chi connectivity index (χ4n) is 3.30. The molecule has 1 fully saturated rings. The second-order valence-corrected chi connectivity index (χ2v) is 8.64. The molecule has 9 nitrogen and oxygen atoms in total. The van der Waals surface area contributed by atoms with E-state index in [1.54, 1.807) is 30.2 Å². The second kappa shape index (κ2) is 7.97. The van der Waals surface area contributed by atoms with E-state index >= 15 is 0 Å². The molecule has 1 saturated heterocycles. The summed E-state index contributed by atoms with van der Waals surface area (Å²) >= 11 is 0. The molecular weight excluding hydrogens is 392 g/mol. The number of hydrogen-bond acceptors (Lipinski definition) is 7. The van der Waals surface area contributed by atoms with Crippen LogP contribution in [0.3, 0.4) is 0 Å². The maximum atomic E-state index is 13.2. The summed E-state index contributed by atoms with van der Waals surface area (Å²) in [6.45, 7) is 5.03. The second-order valence-electron chi connectivity index (χ2n) is 6.73. The molecular formula is C19H22N6O3S. The summed E-state index contributed by atoms with van der Waals surface area (Å²) in [5, 5.41) is 4.27. The molecule has 0 saturated carbocycles. The molecule has 0 radical (unpaired) electrons. The molecule has 29 heavy (non-hydrogen) atoms. The van der Waals surface area contributed by atoms with E-state index in [0.717, 1.165) is 5.56 Å². The minimum atomic E-state index is -3.66. The zero-order valence-electron chi connectivity index (χ0n) is 16.3. The van der Waals surface area contributed by atoms with Gasteiger partial charge in [-0.2, -0.15) is 9.40 Å². The third kappa shape index (κ3) is 3.91. The van der Waals surface area contributed by atoms with Crippen molar-refractivity contribution in [3.63, 3.8) is 0 Å². The van der Waals surface area contributed by atoms with Crippen molar-refractivity contribution in [2.45, 2.75) is 31.4 Å². The van der Waals surface area contributed by atoms with Crippen LogP contribution in [-0.2, 0) is 21.3 Å². The SMILES string of the molecule is CCn1cc(S(=O)(=O)N2CCOC(c3cccc(-c4cncnc4)n3)C2)c(C)n1. The highest BCUT2D eigenvalue weighted by molar-refractivity contribution is 7.89. The maximum absolute atomic E-state index is 13.2. The monoisotopic (exact) mass is 414 g/mol. The van der Waals surface area contributed by atoms with Crippen LogP contribution in [0.15, 0.2) is 48.0 Å². The minimum Gasteiger partial charge on any atom is -0.369 e. The molecule has 1 aliphatic rings. The van der Waals surface area contributed by atoms with Gasteiger partial charge >= 0.3 is 0 Å². The van der Waals surface area contributed by atoms with Crippen LogP contribution >= 0.6 is 0 Å². The summed E-state index contributed by atoms with van der Waals surface area (Å²) in [5.74, 6) is 0. The number of sulfonamides is 1. The summed E-state index contributed by atoms with van der Waals surface area (Å²) < 4.78 is 35.3. The molecule has 4 heterocycles. The lowest BCUT2D eigenvalue weighted by atomic mass is 10.1. The Balaban J connectivity index is 1.59. The molecule has 4 rings (SSSR count). The molecule has 0 spiro atoms. The molecule has 1 aliphatic heterocycles. The predicted octanol–water partition coefficient (Wildman–Crippen LogP) is 1.83. The van der Waals surface area contributed by atoms with E-state index in [4.69, 9.17) is 4.74 Å². The van der Waals surface area contributed by atoms with E-state index < -0.39 is 16.1 Å². The summed E-state index contributed by atoms with van der Waals surface area (Å²) in [5.41, 5.74) is 2.68. The fraction of sp³-hybridized carbons (Fsp3) is 0.368. The third-order valence-electron chi connectivity index (χ3n) is 4.83. The van der Waals surface area contributed by atoms with Crippen molar-refractivity contribution >= 4 is 10.0 Å². The van der Waals surface area contributed by atoms with Crippen molar-refractivity contribution < 1.29 is 13.2 Å². The Hall–Kier alpha value is -2.69. The average molecular weight is 414 g/mol. The fourth-order valence-corrected chi connectivity index (χ4v) is 4.89. The summed E-state index contributed by atoms with van der Waals surface area (Å²) in [6, 6.07) is 5.58. The molecule has 0 aromatic carbocycles. The molecule has 10 heteroatoms. The Morgan fingerprint density at radius 3 is 2.76 bits per heavy atom. The van der Waals surface area contributed by atoms with Crippen molar-refractivity contribution in [3.8, 4) is 11.3 Å². The Labute approximate surface area is 169 Å². The molecule has 0 bridgehead atoms. The van der Waals surface area contributed by atoms with Crippen LogP contribution in [-0.4, -0.2) is 57.2 Å². The lowest BCUT2D eigenvalue weighted by Gasteiger charge is -2.31. The molecule has 1 atom stereocenters. The Bertz CT molecular complexity index is 1100. The van der Waals surface area contributed by atoms with Gasteiger partial charge in [0.25, 0.3) is 0 Å². The maximum Gasteiger partial charge on any atom is 0.246 e. The van der Waals surface area contributed by atoms with Crippen LogP contribution in [0, 0.1) is 6.92 Å². The standard InChI is InChI=1S/C19H22N6O3S/c1-3-24-12-19(14(2)23-24)29(26,27)25-7-8-28-18(11-25)17-6-4-5-16(22-17)15-9-20-13-21-10-15/h4-6,9-10,12-13,18H,3,7-8,11H2,1-2H3. The highest BCUT2D eigenvalue weighted by Crippen LogP contribution is 2.28. The number of morpholine rings is 1. The molecule has 0 amide bonds. The van der Waals surface area contributed by atoms with Gasteiger partial charge in [0.2, 0.25) is 10.0 Å². The first-order valence-corrected chi connectivity index (χ1v) is 10.8. The van der Waals surface area contributed by atoms with Gasteiger partial charge in [0.15, 0.2) is 0 Å². The van der Waals surface area contributed by atoms with Gasteiger partial charge in [0.05, 0.1) is 23.7 Å². The van der Waals surface area contributed by atoms with Crippen LogP contribution in [0.1, 0.15) is 24.4 Å². The molecule has 152 valence electrons. The van der Waals surface area contributed by atoms with Crippen LogP contribution in [0.5, 0.6) is 0 Å². The van der Waals surface area contributed by atoms with Crippen molar-refractivity contribution in [2.24, 2.45) is 0 Å². The Morgan fingerprint density at radius 1 is 1.24 bits per heavy atom. The average Bonchev–Trinajstić information content (AvgIpc) is 3.16. The zero-order chi connectivity index (χ0) is 20.4. The lowest BCUT2D eigenvalue weighted by molar-refractivity contribution is -0.00488. The van der Waals surface area contributed by atoms with Crippen LogP contribution in [0.25, 0.3) is 11.3 Å². The highest BCUT2D eigenvalue weighted by atomic mass is 32.2. The first-order valence-electron chi connectivity index (χ1n) is 9.37. The van der Waals surface area contributed by atoms with Gasteiger partial charge in [-0.3, -0.25) is 4.68 Å². The molecule has 0 N–H and O–H groups in total. The van der Waals surface area contributed by atoms with Gasteiger partial charge in [-0.05, 0) is 26.0 Å². The van der Waals surface area contributed by atoms with Gasteiger partial charge in [-0.1, -0.05) is 6.07 Å². The predicted molar refractivity (Wildman–Crippen MR) is 105 cm³/mol. The summed E-state index contributed by atoms with van der Waals surface area (Å²) in [6.07, 6.45) is 5.97. The largest absolute Gasteiger partial charge is 0.369 e. The van der Waals surface area contributed by atoms with Gasteiger partial charge in [-0.15, -0.1) is 0 Å². The third-order valence-corrected chi connectivity index (χ3v) is 6.80. The van der Waals surface area contributed by atoms with Crippen LogP contribution in [0.4, 0.5) is 0 Å². The molecule has 0 aliphatic carbocycles. The summed E-state index contributed by atoms with van der Waals surface area (Å²) in [4.78, 5) is 12.9. The first-order chi connectivity index (χ1) is 14.0. The Morgan fingerprint density at radius 2 is 2.03 bits per heavy atom. The highest BCUT2D eigenvalue weighted by Gasteiger charge is 2.34. The molecule has 1 unspecified atom stereocenters. The number of ether oxygens (including phenoxy) is 1. The van der Waals surface area contributed by atoms with Gasteiger partial charge in [0.1, 0.15) is 17.3 Å². The number of pyridine rings is 1. The summed E-state index contributed by atoms with van der Waals surface area (Å²) in [7, 11) is -3.66. The van der Waals surface area contributed by atoms with E-state index in [1.165, 1.54) is 10.6 Å². The van der Waals surface area contributed by atoms with Crippen molar-refractivity contribution in [3.05, 3.63) is 54.5 Å². The van der Waals surface area contributed by atoms with Gasteiger partial charge < -0.3 is 4.74 Å². The van der Waals surface area contributed by atoms with Gasteiger partial charge in [0, 0.05) is 43.8 Å². The van der Waals surface area contributed by atoms with E-state index in [0.29, 0.717) is 36.8 Å². The van der Waals surface area contributed by atoms with Crippen LogP contribution < -0.4 is 0 Å². The molecule has 3 aromatic heterocycles. The number of hydrogen-bond donors (Lipinski definition) is 0. The van der Waals surface area contributed by atoms with E-state index in [9.17, 15) is 8.42 Å². The van der Waals surface area contributed by atoms with Crippen molar-refractivity contribution in [1.29, 1.82) is 0 Å². The number of aromatic nitrogens is 5. The van der Waals surface area contributed by atoms with Gasteiger partial charge in [-0.25, -0.2) is 23.4 Å². The van der Waals surface area contributed by atoms with Crippen LogP contribution in [0.2, 0.25) is 0 Å². The zero-order valence-corrected chi connectivity index (χ0v) is 17.1. The topological polar surface area (TPSA) is 103 Å². The van der Waals surface area contributed by atoms with E-state index in [2.05, 4.69) is 20.1 Å². The first kappa shape index (κ1) is 19.6. The normalized spacial score (nSPS) is 18.1. The van der Waals surface area contributed by atoms with E-state index in [-0.39, 0.29) is 11.4 Å². The lowest BCUT2D eigenvalue weighted by Crippen LogP contribution is -2.42. The van der Waals surface area contributed by atoms with E-state index in [1.807, 2.05) is 25.1 Å². The smallest absolute Gasteiger partial charge is 0.246 e. The quantitative estimate of drug-likeness (QED) is 0.627. The number of rotatable bonds is 5.